The molecular weight excluding hydrogens is 390 g/mol. The monoisotopic (exact) mass is 401 g/mol. The van der Waals surface area contributed by atoms with Gasteiger partial charge in [0.1, 0.15) is 5.02 Å². The summed E-state index contributed by atoms with van der Waals surface area (Å²) in [7, 11) is 0. The lowest BCUT2D eigenvalue weighted by Crippen LogP contribution is -2.21. The van der Waals surface area contributed by atoms with E-state index in [2.05, 4.69) is 10.3 Å². The normalized spacial score (nSPS) is 10.3. The molecule has 0 aliphatic rings. The van der Waals surface area contributed by atoms with Gasteiger partial charge < -0.3 is 14.5 Å². The molecule has 1 amide bonds. The summed E-state index contributed by atoms with van der Waals surface area (Å²) in [5, 5.41) is 13.2. The third-order valence-corrected chi connectivity index (χ3v) is 3.92. The second kappa shape index (κ2) is 8.31. The third kappa shape index (κ3) is 4.51. The van der Waals surface area contributed by atoms with Crippen molar-refractivity contribution in [3.63, 3.8) is 0 Å². The Hall–Kier alpha value is -3.72. The molecule has 0 radical (unpaired) electrons. The number of benzene rings is 2. The molecule has 0 aliphatic carbocycles. The van der Waals surface area contributed by atoms with Crippen LogP contribution in [0.4, 0.5) is 11.4 Å². The van der Waals surface area contributed by atoms with Crippen LogP contribution in [0.1, 0.15) is 10.4 Å². The molecule has 10 heteroatoms. The zero-order valence-corrected chi connectivity index (χ0v) is 14.9. The highest BCUT2D eigenvalue weighted by Crippen LogP contribution is 2.27. The number of aromatic nitrogens is 1. The van der Waals surface area contributed by atoms with Crippen molar-refractivity contribution in [2.75, 3.05) is 11.9 Å². The lowest BCUT2D eigenvalue weighted by Gasteiger charge is -2.07. The second-order valence-corrected chi connectivity index (χ2v) is 5.90. The number of nitrogens with zero attached hydrogens (tertiary/aromatic N) is 2. The van der Waals surface area contributed by atoms with Crippen molar-refractivity contribution in [2.24, 2.45) is 0 Å². The maximum absolute atomic E-state index is 12.0. The highest BCUT2D eigenvalue weighted by atomic mass is 35.5. The van der Waals surface area contributed by atoms with Crippen molar-refractivity contribution in [3.8, 4) is 11.3 Å². The van der Waals surface area contributed by atoms with E-state index in [1.54, 1.807) is 18.3 Å². The SMILES string of the molecule is O=C(COC(=O)c1ccc(-c2cnco2)cc1)Nc1ccc(Cl)c([N+](=O)[O-])c1. The van der Waals surface area contributed by atoms with E-state index in [0.29, 0.717) is 5.76 Å². The molecule has 0 bridgehead atoms. The minimum absolute atomic E-state index is 0.0526. The summed E-state index contributed by atoms with van der Waals surface area (Å²) in [5.41, 5.74) is 0.797. The Morgan fingerprint density at radius 3 is 2.61 bits per heavy atom. The fourth-order valence-corrected chi connectivity index (χ4v) is 2.46. The number of ether oxygens (including phenoxy) is 1. The number of carbonyl (C=O) groups is 2. The third-order valence-electron chi connectivity index (χ3n) is 3.60. The molecule has 0 spiro atoms. The van der Waals surface area contributed by atoms with Crippen LogP contribution in [0.25, 0.3) is 11.3 Å². The van der Waals surface area contributed by atoms with Gasteiger partial charge >= 0.3 is 5.97 Å². The van der Waals surface area contributed by atoms with Gasteiger partial charge in [-0.05, 0) is 24.3 Å². The summed E-state index contributed by atoms with van der Waals surface area (Å²) in [4.78, 5) is 38.0. The number of oxazole rings is 1. The summed E-state index contributed by atoms with van der Waals surface area (Å²) in [6.07, 6.45) is 2.84. The van der Waals surface area contributed by atoms with Gasteiger partial charge in [0.25, 0.3) is 11.6 Å². The quantitative estimate of drug-likeness (QED) is 0.379. The first-order chi connectivity index (χ1) is 13.4. The average molecular weight is 402 g/mol. The number of nitrogens with one attached hydrogen (secondary N) is 1. The lowest BCUT2D eigenvalue weighted by molar-refractivity contribution is -0.384. The van der Waals surface area contributed by atoms with E-state index >= 15 is 0 Å². The standard InChI is InChI=1S/C18H12ClN3O6/c19-14-6-5-13(7-15(14)22(25)26)21-17(23)9-27-18(24)12-3-1-11(2-4-12)16-8-20-10-28-16/h1-8,10H,9H2,(H,21,23). The van der Waals surface area contributed by atoms with Gasteiger partial charge in [0.15, 0.2) is 18.8 Å². The zero-order chi connectivity index (χ0) is 20.1. The van der Waals surface area contributed by atoms with Crippen LogP contribution >= 0.6 is 11.6 Å². The molecule has 28 heavy (non-hydrogen) atoms. The Morgan fingerprint density at radius 1 is 1.21 bits per heavy atom. The van der Waals surface area contributed by atoms with Gasteiger partial charge in [0.05, 0.1) is 16.7 Å². The molecule has 0 saturated heterocycles. The fraction of sp³-hybridized carbons (Fsp3) is 0.0556. The predicted octanol–water partition coefficient (Wildman–Crippen LogP) is 3.70. The number of nitro groups is 1. The van der Waals surface area contributed by atoms with Crippen molar-refractivity contribution < 1.29 is 23.7 Å². The molecule has 0 aliphatic heterocycles. The summed E-state index contributed by atoms with van der Waals surface area (Å²) in [5.74, 6) is -0.791. The van der Waals surface area contributed by atoms with Crippen molar-refractivity contribution >= 4 is 34.9 Å². The first kappa shape index (κ1) is 19.1. The van der Waals surface area contributed by atoms with Crippen molar-refractivity contribution in [1.82, 2.24) is 4.98 Å². The number of amides is 1. The number of halogens is 1. The smallest absolute Gasteiger partial charge is 0.338 e. The molecule has 9 nitrogen and oxygen atoms in total. The van der Waals surface area contributed by atoms with Crippen LogP contribution < -0.4 is 5.32 Å². The molecule has 0 unspecified atom stereocenters. The van der Waals surface area contributed by atoms with Crippen molar-refractivity contribution in [1.29, 1.82) is 0 Å². The van der Waals surface area contributed by atoms with Gasteiger partial charge in [-0.3, -0.25) is 14.9 Å². The van der Waals surface area contributed by atoms with E-state index in [1.165, 1.54) is 30.7 Å². The highest BCUT2D eigenvalue weighted by molar-refractivity contribution is 6.32. The Balaban J connectivity index is 1.56. The number of hydrogen-bond acceptors (Lipinski definition) is 7. The van der Waals surface area contributed by atoms with Gasteiger partial charge in [-0.1, -0.05) is 23.7 Å². The first-order valence-corrected chi connectivity index (χ1v) is 8.21. The van der Waals surface area contributed by atoms with Crippen LogP contribution in [0.2, 0.25) is 5.02 Å². The van der Waals surface area contributed by atoms with Crippen molar-refractivity contribution in [2.45, 2.75) is 0 Å². The topological polar surface area (TPSA) is 125 Å². The number of esters is 1. The van der Waals surface area contributed by atoms with Crippen LogP contribution in [0.3, 0.4) is 0 Å². The first-order valence-electron chi connectivity index (χ1n) is 7.84. The Bertz CT molecular complexity index is 1020. The molecule has 142 valence electrons. The van der Waals surface area contributed by atoms with E-state index in [9.17, 15) is 19.7 Å². The molecule has 3 aromatic rings. The minimum Gasteiger partial charge on any atom is -0.452 e. The molecule has 1 N–H and O–H groups in total. The predicted molar refractivity (Wildman–Crippen MR) is 99.0 cm³/mol. The summed E-state index contributed by atoms with van der Waals surface area (Å²) in [6, 6.07) is 10.2. The van der Waals surface area contributed by atoms with Gasteiger partial charge in [-0.2, -0.15) is 0 Å². The fourth-order valence-electron chi connectivity index (χ4n) is 2.27. The Morgan fingerprint density at radius 2 is 1.96 bits per heavy atom. The van der Waals surface area contributed by atoms with Gasteiger partial charge in [-0.15, -0.1) is 0 Å². The molecule has 1 aromatic heterocycles. The molecule has 1 heterocycles. The average Bonchev–Trinajstić information content (AvgIpc) is 3.22. The van der Waals surface area contributed by atoms with E-state index < -0.39 is 23.4 Å². The minimum atomic E-state index is -0.693. The highest BCUT2D eigenvalue weighted by Gasteiger charge is 2.15. The van der Waals surface area contributed by atoms with Crippen LogP contribution in [-0.2, 0) is 9.53 Å². The number of carbonyl (C=O) groups excluding carboxylic acids is 2. The molecule has 0 fully saturated rings. The van der Waals surface area contributed by atoms with E-state index in [-0.39, 0.29) is 22.0 Å². The van der Waals surface area contributed by atoms with Gasteiger partial charge in [0.2, 0.25) is 0 Å². The van der Waals surface area contributed by atoms with E-state index in [4.69, 9.17) is 20.8 Å². The van der Waals surface area contributed by atoms with Gasteiger partial charge in [0, 0.05) is 17.3 Å². The summed E-state index contributed by atoms with van der Waals surface area (Å²) in [6.45, 7) is -0.556. The molecule has 0 saturated carbocycles. The number of hydrogen-bond donors (Lipinski definition) is 1. The second-order valence-electron chi connectivity index (χ2n) is 5.49. The van der Waals surface area contributed by atoms with Crippen LogP contribution in [0.5, 0.6) is 0 Å². The molecule has 3 rings (SSSR count). The maximum atomic E-state index is 12.0. The van der Waals surface area contributed by atoms with E-state index in [1.807, 2.05) is 0 Å². The number of anilines is 1. The van der Waals surface area contributed by atoms with Crippen LogP contribution in [-0.4, -0.2) is 28.4 Å². The van der Waals surface area contributed by atoms with Crippen molar-refractivity contribution in [3.05, 3.63) is 75.8 Å². The lowest BCUT2D eigenvalue weighted by atomic mass is 10.1. The number of nitro benzene ring substituents is 1. The van der Waals surface area contributed by atoms with Gasteiger partial charge in [-0.25, -0.2) is 9.78 Å². The Kier molecular flexibility index (Phi) is 5.66. The molecular formula is C18H12ClN3O6. The largest absolute Gasteiger partial charge is 0.452 e. The van der Waals surface area contributed by atoms with Crippen LogP contribution in [0.15, 0.2) is 59.5 Å². The van der Waals surface area contributed by atoms with Crippen LogP contribution in [0, 0.1) is 10.1 Å². The maximum Gasteiger partial charge on any atom is 0.338 e. The molecule has 2 aromatic carbocycles. The summed E-state index contributed by atoms with van der Waals surface area (Å²) < 4.78 is 10.1. The van der Waals surface area contributed by atoms with E-state index in [0.717, 1.165) is 11.6 Å². The Labute approximate surface area is 163 Å². The zero-order valence-electron chi connectivity index (χ0n) is 14.1. The summed E-state index contributed by atoms with van der Waals surface area (Å²) >= 11 is 5.71. The number of rotatable bonds is 6. The molecule has 0 atom stereocenters.